The molecule has 0 N–H and O–H groups in total. The highest BCUT2D eigenvalue weighted by atomic mass is 19.2. The Kier molecular flexibility index (Phi) is 10.2. The van der Waals surface area contributed by atoms with E-state index in [9.17, 15) is 8.78 Å². The van der Waals surface area contributed by atoms with Crippen molar-refractivity contribution >= 4 is 12.2 Å². The number of benzene rings is 3. The summed E-state index contributed by atoms with van der Waals surface area (Å²) in [4.78, 5) is 0. The number of hydrogen-bond donors (Lipinski definition) is 0. The summed E-state index contributed by atoms with van der Waals surface area (Å²) in [5.41, 5.74) is 1.97. The van der Waals surface area contributed by atoms with E-state index in [0.717, 1.165) is 51.6 Å². The molecular formula is C33H36F4O2. The van der Waals surface area contributed by atoms with Crippen LogP contribution in [0, 0.1) is 23.3 Å². The SMILES string of the molecule is CCCCOc1ccc(/C=C/c2ccc(-c3ccc(C4CCC(OCCC)CC4)c(F)c3F)cc2)c(F)c1F. The quantitative estimate of drug-likeness (QED) is 0.137. The highest BCUT2D eigenvalue weighted by Gasteiger charge is 2.27. The topological polar surface area (TPSA) is 18.5 Å². The molecule has 0 unspecified atom stereocenters. The van der Waals surface area contributed by atoms with Crippen molar-refractivity contribution in [3.8, 4) is 16.9 Å². The van der Waals surface area contributed by atoms with Gasteiger partial charge in [0.25, 0.3) is 0 Å². The maximum absolute atomic E-state index is 15.1. The van der Waals surface area contributed by atoms with E-state index in [1.54, 1.807) is 42.5 Å². The summed E-state index contributed by atoms with van der Waals surface area (Å²) in [6.07, 6.45) is 9.23. The monoisotopic (exact) mass is 540 g/mol. The van der Waals surface area contributed by atoms with Gasteiger partial charge in [0.15, 0.2) is 23.2 Å². The third-order valence-electron chi connectivity index (χ3n) is 7.29. The van der Waals surface area contributed by atoms with E-state index in [0.29, 0.717) is 23.3 Å². The Morgan fingerprint density at radius 2 is 1.46 bits per heavy atom. The van der Waals surface area contributed by atoms with E-state index in [-0.39, 0.29) is 28.9 Å². The second-order valence-corrected chi connectivity index (χ2v) is 10.1. The van der Waals surface area contributed by atoms with Gasteiger partial charge in [0.05, 0.1) is 12.7 Å². The zero-order valence-corrected chi connectivity index (χ0v) is 22.6. The second-order valence-electron chi connectivity index (χ2n) is 10.1. The summed E-state index contributed by atoms with van der Waals surface area (Å²) in [5.74, 6) is -3.73. The van der Waals surface area contributed by atoms with Gasteiger partial charge in [0, 0.05) is 17.7 Å². The van der Waals surface area contributed by atoms with Crippen LogP contribution in [-0.2, 0) is 4.74 Å². The van der Waals surface area contributed by atoms with Gasteiger partial charge >= 0.3 is 0 Å². The molecule has 1 aliphatic carbocycles. The first-order valence-corrected chi connectivity index (χ1v) is 13.9. The molecule has 3 aromatic rings. The minimum atomic E-state index is -1.01. The molecule has 0 atom stereocenters. The molecule has 3 aromatic carbocycles. The van der Waals surface area contributed by atoms with Crippen molar-refractivity contribution in [2.24, 2.45) is 0 Å². The van der Waals surface area contributed by atoms with E-state index in [2.05, 4.69) is 6.92 Å². The molecule has 39 heavy (non-hydrogen) atoms. The van der Waals surface area contributed by atoms with Crippen LogP contribution in [0.2, 0.25) is 0 Å². The number of ether oxygens (including phenoxy) is 2. The maximum atomic E-state index is 15.1. The third-order valence-corrected chi connectivity index (χ3v) is 7.29. The van der Waals surface area contributed by atoms with Crippen LogP contribution in [0.1, 0.15) is 81.4 Å². The van der Waals surface area contributed by atoms with Crippen molar-refractivity contribution in [1.29, 1.82) is 0 Å². The van der Waals surface area contributed by atoms with Crippen molar-refractivity contribution < 1.29 is 27.0 Å². The highest BCUT2D eigenvalue weighted by Crippen LogP contribution is 2.38. The summed E-state index contributed by atoms with van der Waals surface area (Å²) in [6, 6.07) is 13.1. The predicted octanol–water partition coefficient (Wildman–Crippen LogP) is 9.71. The molecular weight excluding hydrogens is 504 g/mol. The molecule has 208 valence electrons. The zero-order valence-electron chi connectivity index (χ0n) is 22.6. The van der Waals surface area contributed by atoms with Crippen LogP contribution in [0.25, 0.3) is 23.3 Å². The van der Waals surface area contributed by atoms with E-state index >= 15 is 8.78 Å². The van der Waals surface area contributed by atoms with Gasteiger partial charge in [0.1, 0.15) is 0 Å². The van der Waals surface area contributed by atoms with E-state index in [4.69, 9.17) is 9.47 Å². The Bertz CT molecular complexity index is 1260. The number of hydrogen-bond acceptors (Lipinski definition) is 2. The predicted molar refractivity (Wildman–Crippen MR) is 149 cm³/mol. The fourth-order valence-corrected chi connectivity index (χ4v) is 5.00. The maximum Gasteiger partial charge on any atom is 0.201 e. The van der Waals surface area contributed by atoms with Crippen LogP contribution in [0.15, 0.2) is 48.5 Å². The summed E-state index contributed by atoms with van der Waals surface area (Å²) in [6.45, 7) is 5.13. The average Bonchev–Trinajstić information content (AvgIpc) is 2.96. The fraction of sp³-hybridized carbons (Fsp3) is 0.394. The van der Waals surface area contributed by atoms with E-state index < -0.39 is 23.3 Å². The molecule has 0 spiro atoms. The zero-order chi connectivity index (χ0) is 27.8. The van der Waals surface area contributed by atoms with Crippen LogP contribution in [0.5, 0.6) is 5.75 Å². The van der Waals surface area contributed by atoms with Crippen LogP contribution < -0.4 is 4.74 Å². The van der Waals surface area contributed by atoms with Gasteiger partial charge in [0.2, 0.25) is 5.82 Å². The van der Waals surface area contributed by atoms with Crippen molar-refractivity contribution in [2.75, 3.05) is 13.2 Å². The Hall–Kier alpha value is -3.12. The summed E-state index contributed by atoms with van der Waals surface area (Å²) < 4.78 is 70.2. The van der Waals surface area contributed by atoms with Gasteiger partial charge in [-0.05, 0) is 73.3 Å². The van der Waals surface area contributed by atoms with Crippen molar-refractivity contribution in [2.45, 2.75) is 70.8 Å². The lowest BCUT2D eigenvalue weighted by molar-refractivity contribution is 0.0249. The van der Waals surface area contributed by atoms with Gasteiger partial charge in [-0.1, -0.05) is 68.8 Å². The third kappa shape index (κ3) is 7.10. The first-order chi connectivity index (χ1) is 18.9. The van der Waals surface area contributed by atoms with Gasteiger partial charge in [-0.2, -0.15) is 4.39 Å². The lowest BCUT2D eigenvalue weighted by atomic mass is 9.82. The Balaban J connectivity index is 1.43. The largest absolute Gasteiger partial charge is 0.490 e. The molecule has 4 rings (SSSR count). The molecule has 1 fully saturated rings. The molecule has 2 nitrogen and oxygen atoms in total. The standard InChI is InChI=1S/C33H36F4O2/c1-3-5-21-39-29-19-14-25(30(34)33(29)37)11-8-22-6-9-23(10-7-22)27-17-18-28(32(36)31(27)35)24-12-15-26(16-13-24)38-20-4-2/h6-11,14,17-19,24,26H,3-5,12-13,15-16,20-21H2,1-2H3/b11-8+. The molecule has 1 aliphatic rings. The van der Waals surface area contributed by atoms with Gasteiger partial charge in [-0.3, -0.25) is 0 Å². The van der Waals surface area contributed by atoms with Crippen molar-refractivity contribution in [3.63, 3.8) is 0 Å². The molecule has 0 amide bonds. The molecule has 0 aromatic heterocycles. The lowest BCUT2D eigenvalue weighted by Crippen LogP contribution is -2.21. The Morgan fingerprint density at radius 1 is 0.718 bits per heavy atom. The highest BCUT2D eigenvalue weighted by molar-refractivity contribution is 5.73. The molecule has 0 radical (unpaired) electrons. The Morgan fingerprint density at radius 3 is 2.15 bits per heavy atom. The van der Waals surface area contributed by atoms with Crippen LogP contribution >= 0.6 is 0 Å². The Labute approximate surface area is 228 Å². The minimum Gasteiger partial charge on any atom is -0.490 e. The molecule has 0 bridgehead atoms. The molecule has 0 aliphatic heterocycles. The summed E-state index contributed by atoms with van der Waals surface area (Å²) in [7, 11) is 0. The van der Waals surface area contributed by atoms with Crippen molar-refractivity contribution in [3.05, 3.63) is 88.5 Å². The van der Waals surface area contributed by atoms with Gasteiger partial charge < -0.3 is 9.47 Å². The molecule has 1 saturated carbocycles. The van der Waals surface area contributed by atoms with Crippen LogP contribution in [0.3, 0.4) is 0 Å². The van der Waals surface area contributed by atoms with E-state index in [1.807, 2.05) is 6.92 Å². The first-order valence-electron chi connectivity index (χ1n) is 13.9. The molecule has 6 heteroatoms. The fourth-order valence-electron chi connectivity index (χ4n) is 5.00. The summed E-state index contributed by atoms with van der Waals surface area (Å²) >= 11 is 0. The molecule has 0 heterocycles. The minimum absolute atomic E-state index is 0.00950. The van der Waals surface area contributed by atoms with Gasteiger partial charge in [-0.25, -0.2) is 13.2 Å². The summed E-state index contributed by atoms with van der Waals surface area (Å²) in [5, 5.41) is 0. The normalized spacial score (nSPS) is 17.6. The molecule has 0 saturated heterocycles. The number of rotatable bonds is 11. The van der Waals surface area contributed by atoms with Crippen LogP contribution in [0.4, 0.5) is 17.6 Å². The first kappa shape index (κ1) is 28.9. The second kappa shape index (κ2) is 13.8. The average molecular weight is 541 g/mol. The van der Waals surface area contributed by atoms with Crippen LogP contribution in [-0.4, -0.2) is 19.3 Å². The lowest BCUT2D eigenvalue weighted by Gasteiger charge is -2.29. The number of halogens is 4. The van der Waals surface area contributed by atoms with Gasteiger partial charge in [-0.15, -0.1) is 0 Å². The number of unbranched alkanes of at least 4 members (excludes halogenated alkanes) is 1. The smallest absolute Gasteiger partial charge is 0.201 e. The van der Waals surface area contributed by atoms with Crippen molar-refractivity contribution in [1.82, 2.24) is 0 Å². The van der Waals surface area contributed by atoms with E-state index in [1.165, 1.54) is 18.2 Å².